The van der Waals surface area contributed by atoms with Crippen LogP contribution in [0.5, 0.6) is 0 Å². The van der Waals surface area contributed by atoms with Crippen LogP contribution in [-0.2, 0) is 6.54 Å². The third-order valence-corrected chi connectivity index (χ3v) is 3.75. The summed E-state index contributed by atoms with van der Waals surface area (Å²) in [5.74, 6) is 1.44. The fraction of sp³-hybridized carbons (Fsp3) is 0.133. The molecule has 0 aliphatic heterocycles. The van der Waals surface area contributed by atoms with Crippen LogP contribution >= 0.6 is 11.6 Å². The van der Waals surface area contributed by atoms with Gasteiger partial charge in [0.05, 0.1) is 29.0 Å². The van der Waals surface area contributed by atoms with Crippen LogP contribution in [0.25, 0.3) is 16.9 Å². The number of aromatic nitrogens is 7. The van der Waals surface area contributed by atoms with Crippen LogP contribution in [0.1, 0.15) is 11.3 Å². The predicted octanol–water partition coefficient (Wildman–Crippen LogP) is 2.51. The van der Waals surface area contributed by atoms with Crippen LogP contribution in [0.4, 0.5) is 5.82 Å². The van der Waals surface area contributed by atoms with Crippen molar-refractivity contribution < 1.29 is 0 Å². The maximum atomic E-state index is 5.97. The van der Waals surface area contributed by atoms with Gasteiger partial charge in [0.1, 0.15) is 12.1 Å². The zero-order chi connectivity index (χ0) is 16.5. The van der Waals surface area contributed by atoms with Crippen molar-refractivity contribution in [2.75, 3.05) is 5.32 Å². The van der Waals surface area contributed by atoms with Crippen molar-refractivity contribution in [3.63, 3.8) is 0 Å². The van der Waals surface area contributed by atoms with Crippen LogP contribution < -0.4 is 5.32 Å². The van der Waals surface area contributed by atoms with Crippen molar-refractivity contribution in [2.45, 2.75) is 13.5 Å². The van der Waals surface area contributed by atoms with E-state index >= 15 is 0 Å². The molecule has 0 unspecified atom stereocenters. The van der Waals surface area contributed by atoms with Gasteiger partial charge in [0, 0.05) is 17.8 Å². The second kappa shape index (κ2) is 5.89. The summed E-state index contributed by atoms with van der Waals surface area (Å²) in [4.78, 5) is 13.0. The summed E-state index contributed by atoms with van der Waals surface area (Å²) in [5.41, 5.74) is 2.56. The van der Waals surface area contributed by atoms with Gasteiger partial charge in [-0.25, -0.2) is 19.6 Å². The zero-order valence-electron chi connectivity index (χ0n) is 12.7. The average molecular weight is 341 g/mol. The quantitative estimate of drug-likeness (QED) is 0.592. The Labute approximate surface area is 141 Å². The monoisotopic (exact) mass is 340 g/mol. The Morgan fingerprint density at radius 2 is 2.17 bits per heavy atom. The van der Waals surface area contributed by atoms with Gasteiger partial charge in [0.15, 0.2) is 11.5 Å². The molecule has 0 aliphatic rings. The molecule has 0 radical (unpaired) electrons. The predicted molar refractivity (Wildman–Crippen MR) is 90.1 cm³/mol. The summed E-state index contributed by atoms with van der Waals surface area (Å²) in [5, 5.41) is 15.7. The normalized spacial score (nSPS) is 11.1. The van der Waals surface area contributed by atoms with Gasteiger partial charge in [-0.3, -0.25) is 5.10 Å². The molecule has 2 N–H and O–H groups in total. The number of anilines is 1. The van der Waals surface area contributed by atoms with E-state index in [0.717, 1.165) is 22.5 Å². The van der Waals surface area contributed by atoms with Gasteiger partial charge in [0.2, 0.25) is 0 Å². The van der Waals surface area contributed by atoms with E-state index in [-0.39, 0.29) is 0 Å². The van der Waals surface area contributed by atoms with Crippen molar-refractivity contribution >= 4 is 28.5 Å². The van der Waals surface area contributed by atoms with E-state index in [2.05, 4.69) is 35.6 Å². The van der Waals surface area contributed by atoms with Gasteiger partial charge in [-0.15, -0.1) is 0 Å². The average Bonchev–Trinajstić information content (AvgIpc) is 3.22. The molecule has 0 saturated carbocycles. The van der Waals surface area contributed by atoms with Crippen molar-refractivity contribution in [3.8, 4) is 5.82 Å². The Morgan fingerprint density at radius 1 is 1.25 bits per heavy atom. The minimum absolute atomic E-state index is 0.525. The number of hydrogen-bond donors (Lipinski definition) is 2. The molecule has 9 heteroatoms. The molecule has 4 aromatic rings. The van der Waals surface area contributed by atoms with Gasteiger partial charge < -0.3 is 5.32 Å². The largest absolute Gasteiger partial charge is 0.365 e. The molecule has 4 rings (SSSR count). The number of nitrogens with zero attached hydrogens (tertiary/aromatic N) is 6. The maximum absolute atomic E-state index is 5.97. The summed E-state index contributed by atoms with van der Waals surface area (Å²) in [6, 6.07) is 3.97. The molecule has 0 fully saturated rings. The highest BCUT2D eigenvalue weighted by Crippen LogP contribution is 2.19. The highest BCUT2D eigenvalue weighted by molar-refractivity contribution is 6.30. The lowest BCUT2D eigenvalue weighted by atomic mass is 10.2. The summed E-state index contributed by atoms with van der Waals surface area (Å²) < 4.78 is 1.67. The topological polar surface area (TPSA) is 97.2 Å². The number of aryl methyl sites for hydroxylation is 1. The summed E-state index contributed by atoms with van der Waals surface area (Å²) in [7, 11) is 0. The number of aromatic amines is 1. The molecule has 4 heterocycles. The van der Waals surface area contributed by atoms with E-state index in [0.29, 0.717) is 23.0 Å². The van der Waals surface area contributed by atoms with Crippen molar-refractivity contribution in [1.82, 2.24) is 34.9 Å². The fourth-order valence-corrected chi connectivity index (χ4v) is 2.55. The van der Waals surface area contributed by atoms with Crippen LogP contribution in [0.3, 0.4) is 0 Å². The molecule has 24 heavy (non-hydrogen) atoms. The second-order valence-corrected chi connectivity index (χ2v) is 5.68. The third-order valence-electron chi connectivity index (χ3n) is 3.56. The molecular formula is C15H13ClN8. The summed E-state index contributed by atoms with van der Waals surface area (Å²) in [6.45, 7) is 2.46. The molecule has 0 bridgehead atoms. The summed E-state index contributed by atoms with van der Waals surface area (Å²) >= 11 is 5.97. The zero-order valence-corrected chi connectivity index (χ0v) is 13.5. The standard InChI is InChI=1S/C15H13ClN8/c1-9-2-3-10(15(22-9)24-7-11(16)5-21-24)4-17-13-12-6-20-23-14(12)19-8-18-13/h2-3,5-8H,4H2,1H3,(H2,17,18,19,20,23). The van der Waals surface area contributed by atoms with Crippen molar-refractivity contribution in [1.29, 1.82) is 0 Å². The molecule has 0 spiro atoms. The van der Waals surface area contributed by atoms with Crippen molar-refractivity contribution in [3.05, 3.63) is 53.3 Å². The molecule has 0 amide bonds. The Balaban J connectivity index is 1.66. The lowest BCUT2D eigenvalue weighted by molar-refractivity contribution is 0.822. The van der Waals surface area contributed by atoms with E-state index in [9.17, 15) is 0 Å². The third kappa shape index (κ3) is 2.67. The number of pyridine rings is 1. The van der Waals surface area contributed by atoms with E-state index in [1.165, 1.54) is 6.33 Å². The molecule has 0 aromatic carbocycles. The van der Waals surface area contributed by atoms with Crippen LogP contribution in [0, 0.1) is 6.92 Å². The molecule has 8 nitrogen and oxygen atoms in total. The minimum Gasteiger partial charge on any atom is -0.365 e. The summed E-state index contributed by atoms with van der Waals surface area (Å²) in [6.07, 6.45) is 6.50. The number of hydrogen-bond acceptors (Lipinski definition) is 6. The molecular weight excluding hydrogens is 328 g/mol. The van der Waals surface area contributed by atoms with Gasteiger partial charge in [-0.05, 0) is 13.0 Å². The Morgan fingerprint density at radius 3 is 3.00 bits per heavy atom. The molecule has 120 valence electrons. The highest BCUT2D eigenvalue weighted by Gasteiger charge is 2.10. The van der Waals surface area contributed by atoms with Gasteiger partial charge in [-0.1, -0.05) is 17.7 Å². The minimum atomic E-state index is 0.525. The van der Waals surface area contributed by atoms with E-state index < -0.39 is 0 Å². The van der Waals surface area contributed by atoms with Crippen LogP contribution in [0.15, 0.2) is 37.1 Å². The first-order valence-electron chi connectivity index (χ1n) is 7.26. The van der Waals surface area contributed by atoms with Gasteiger partial charge in [-0.2, -0.15) is 10.2 Å². The number of halogens is 1. The van der Waals surface area contributed by atoms with Gasteiger partial charge in [0.25, 0.3) is 0 Å². The van der Waals surface area contributed by atoms with E-state index in [1.54, 1.807) is 23.3 Å². The fourth-order valence-electron chi connectivity index (χ4n) is 2.41. The first kappa shape index (κ1) is 14.6. The number of nitrogens with one attached hydrogen (secondary N) is 2. The van der Waals surface area contributed by atoms with E-state index in [1.807, 2.05) is 19.1 Å². The lowest BCUT2D eigenvalue weighted by Crippen LogP contribution is -2.09. The Bertz CT molecular complexity index is 1010. The van der Waals surface area contributed by atoms with Crippen LogP contribution in [-0.4, -0.2) is 34.9 Å². The number of H-pyrrole nitrogens is 1. The van der Waals surface area contributed by atoms with Crippen molar-refractivity contribution in [2.24, 2.45) is 0 Å². The molecule has 0 atom stereocenters. The smallest absolute Gasteiger partial charge is 0.160 e. The highest BCUT2D eigenvalue weighted by atomic mass is 35.5. The maximum Gasteiger partial charge on any atom is 0.160 e. The lowest BCUT2D eigenvalue weighted by Gasteiger charge is -2.11. The molecule has 0 saturated heterocycles. The van der Waals surface area contributed by atoms with Gasteiger partial charge >= 0.3 is 0 Å². The SMILES string of the molecule is Cc1ccc(CNc2ncnc3[nH]ncc23)c(-n2cc(Cl)cn2)n1. The van der Waals surface area contributed by atoms with Crippen LogP contribution in [0.2, 0.25) is 5.02 Å². The Kier molecular flexibility index (Phi) is 3.58. The number of fused-ring (bicyclic) bond motifs is 1. The second-order valence-electron chi connectivity index (χ2n) is 5.25. The molecule has 0 aliphatic carbocycles. The first-order valence-corrected chi connectivity index (χ1v) is 7.63. The number of rotatable bonds is 4. The van der Waals surface area contributed by atoms with E-state index in [4.69, 9.17) is 11.6 Å². The Hall–Kier alpha value is -3.00. The molecule has 4 aromatic heterocycles. The first-order chi connectivity index (χ1) is 11.7.